The van der Waals surface area contributed by atoms with Crippen molar-refractivity contribution in [3.8, 4) is 0 Å². The molecule has 162 valence electrons. The Morgan fingerprint density at radius 2 is 1.18 bits per heavy atom. The third-order valence-corrected chi connectivity index (χ3v) is 5.20. The molecule has 2 N–H and O–H groups in total. The Balaban J connectivity index is 3.89. The van der Waals surface area contributed by atoms with Gasteiger partial charge in [-0.3, -0.25) is 14.5 Å². The van der Waals surface area contributed by atoms with E-state index in [9.17, 15) is 9.59 Å². The van der Waals surface area contributed by atoms with E-state index in [0.29, 0.717) is 25.9 Å². The number of nitrogens with zero attached hydrogens (tertiary/aromatic N) is 1. The van der Waals surface area contributed by atoms with Gasteiger partial charge in [0, 0.05) is 38.0 Å². The molecule has 0 saturated carbocycles. The second-order valence-corrected chi connectivity index (χ2v) is 7.75. The summed E-state index contributed by atoms with van der Waals surface area (Å²) in [7, 11) is 2.04. The highest BCUT2D eigenvalue weighted by atomic mass is 16.2. The lowest BCUT2D eigenvalue weighted by molar-refractivity contribution is -0.121. The summed E-state index contributed by atoms with van der Waals surface area (Å²) >= 11 is 0. The Bertz CT molecular complexity index is 411. The van der Waals surface area contributed by atoms with E-state index in [1.165, 1.54) is 0 Å². The predicted octanol–water partition coefficient (Wildman–Crippen LogP) is 4.20. The van der Waals surface area contributed by atoms with E-state index in [1.807, 2.05) is 19.2 Å². The normalized spacial score (nSPS) is 13.0. The molecule has 0 fully saturated rings. The topological polar surface area (TPSA) is 61.4 Å². The second-order valence-electron chi connectivity index (χ2n) is 7.75. The number of unbranched alkanes of at least 4 members (excludes halogenated alkanes) is 6. The first-order valence-electron chi connectivity index (χ1n) is 10.9. The van der Waals surface area contributed by atoms with Crippen LogP contribution in [0.3, 0.4) is 0 Å². The average molecular weight is 394 g/mol. The van der Waals surface area contributed by atoms with Crippen molar-refractivity contribution < 1.29 is 9.59 Å². The standard InChI is InChI=1S/C23H43N3O2/c1-6-8-10-12-14-16-22(27)24-18-20(3)26(5)21(4)19-25-23(28)17-15-13-11-9-7-2/h6-7,20-21H,1-2,8-19H2,3-5H3,(H,24,27)(H,25,28). The number of nitrogens with one attached hydrogen (secondary N) is 2. The molecule has 28 heavy (non-hydrogen) atoms. The van der Waals surface area contributed by atoms with Crippen LogP contribution in [0.2, 0.25) is 0 Å². The summed E-state index contributed by atoms with van der Waals surface area (Å²) in [4.78, 5) is 26.1. The van der Waals surface area contributed by atoms with Gasteiger partial charge in [-0.05, 0) is 59.4 Å². The van der Waals surface area contributed by atoms with Crippen LogP contribution in [-0.4, -0.2) is 48.9 Å². The maximum Gasteiger partial charge on any atom is 0.220 e. The molecule has 0 aliphatic heterocycles. The van der Waals surface area contributed by atoms with E-state index >= 15 is 0 Å². The monoisotopic (exact) mass is 393 g/mol. The molecule has 0 heterocycles. The molecule has 2 unspecified atom stereocenters. The Hall–Kier alpha value is -1.62. The number of hydrogen-bond acceptors (Lipinski definition) is 3. The van der Waals surface area contributed by atoms with Gasteiger partial charge in [-0.15, -0.1) is 13.2 Å². The summed E-state index contributed by atoms with van der Waals surface area (Å²) in [6.07, 6.45) is 13.3. The highest BCUT2D eigenvalue weighted by molar-refractivity contribution is 5.76. The quantitative estimate of drug-likeness (QED) is 0.271. The Morgan fingerprint density at radius 3 is 1.54 bits per heavy atom. The highest BCUT2D eigenvalue weighted by Crippen LogP contribution is 2.05. The zero-order valence-electron chi connectivity index (χ0n) is 18.5. The first-order chi connectivity index (χ1) is 13.4. The van der Waals surface area contributed by atoms with E-state index in [1.54, 1.807) is 0 Å². The van der Waals surface area contributed by atoms with Crippen LogP contribution in [0.15, 0.2) is 25.3 Å². The summed E-state index contributed by atoms with van der Waals surface area (Å²) in [6.45, 7) is 12.9. The maximum atomic E-state index is 11.9. The molecule has 0 bridgehead atoms. The van der Waals surface area contributed by atoms with Gasteiger partial charge < -0.3 is 10.6 Å². The highest BCUT2D eigenvalue weighted by Gasteiger charge is 2.17. The number of amides is 2. The van der Waals surface area contributed by atoms with Gasteiger partial charge in [0.2, 0.25) is 11.8 Å². The zero-order valence-corrected chi connectivity index (χ0v) is 18.5. The van der Waals surface area contributed by atoms with Crippen LogP contribution in [0.25, 0.3) is 0 Å². The Morgan fingerprint density at radius 1 is 0.786 bits per heavy atom. The fourth-order valence-electron chi connectivity index (χ4n) is 2.92. The molecule has 0 rings (SSSR count). The fourth-order valence-corrected chi connectivity index (χ4v) is 2.92. The average Bonchev–Trinajstić information content (AvgIpc) is 2.69. The van der Waals surface area contributed by atoms with Gasteiger partial charge in [0.25, 0.3) is 0 Å². The van der Waals surface area contributed by atoms with E-state index in [2.05, 4.69) is 42.5 Å². The maximum absolute atomic E-state index is 11.9. The second kappa shape index (κ2) is 17.5. The van der Waals surface area contributed by atoms with Gasteiger partial charge >= 0.3 is 0 Å². The molecule has 0 radical (unpaired) electrons. The number of likely N-dealkylation sites (N-methyl/N-ethyl adjacent to an activating group) is 1. The molecule has 0 spiro atoms. The van der Waals surface area contributed by atoms with Gasteiger partial charge in [-0.25, -0.2) is 0 Å². The molecular formula is C23H43N3O2. The molecule has 0 saturated heterocycles. The van der Waals surface area contributed by atoms with Crippen molar-refractivity contribution in [2.45, 2.75) is 90.1 Å². The molecule has 5 heteroatoms. The van der Waals surface area contributed by atoms with Crippen molar-refractivity contribution in [1.29, 1.82) is 0 Å². The zero-order chi connectivity index (χ0) is 21.2. The van der Waals surface area contributed by atoms with E-state index in [0.717, 1.165) is 51.4 Å². The lowest BCUT2D eigenvalue weighted by Gasteiger charge is -2.31. The van der Waals surface area contributed by atoms with Gasteiger partial charge in [-0.2, -0.15) is 0 Å². The molecular weight excluding hydrogens is 350 g/mol. The van der Waals surface area contributed by atoms with Crippen molar-refractivity contribution in [2.75, 3.05) is 20.1 Å². The van der Waals surface area contributed by atoms with Crippen molar-refractivity contribution in [2.24, 2.45) is 0 Å². The van der Waals surface area contributed by atoms with Crippen LogP contribution in [0.5, 0.6) is 0 Å². The van der Waals surface area contributed by atoms with E-state index in [-0.39, 0.29) is 23.9 Å². The molecule has 0 aromatic rings. The van der Waals surface area contributed by atoms with Gasteiger partial charge in [-0.1, -0.05) is 25.0 Å². The minimum atomic E-state index is 0.122. The van der Waals surface area contributed by atoms with Crippen LogP contribution in [-0.2, 0) is 9.59 Å². The van der Waals surface area contributed by atoms with Crippen LogP contribution in [0, 0.1) is 0 Å². The lowest BCUT2D eigenvalue weighted by atomic mass is 10.1. The van der Waals surface area contributed by atoms with Gasteiger partial charge in [0.1, 0.15) is 0 Å². The third kappa shape index (κ3) is 14.4. The first-order valence-corrected chi connectivity index (χ1v) is 10.9. The van der Waals surface area contributed by atoms with E-state index < -0.39 is 0 Å². The summed E-state index contributed by atoms with van der Waals surface area (Å²) < 4.78 is 0. The lowest BCUT2D eigenvalue weighted by Crippen LogP contribution is -2.48. The molecule has 0 aromatic carbocycles. The fraction of sp³-hybridized carbons (Fsp3) is 0.739. The molecule has 0 aliphatic carbocycles. The third-order valence-electron chi connectivity index (χ3n) is 5.20. The number of carbonyl (C=O) groups is 2. The molecule has 0 aromatic heterocycles. The van der Waals surface area contributed by atoms with Crippen molar-refractivity contribution in [3.05, 3.63) is 25.3 Å². The van der Waals surface area contributed by atoms with Gasteiger partial charge in [0.15, 0.2) is 0 Å². The van der Waals surface area contributed by atoms with Crippen molar-refractivity contribution in [1.82, 2.24) is 15.5 Å². The SMILES string of the molecule is C=CCCCCCC(=O)NCC(C)N(C)C(C)CNC(=O)CCCCCC=C. The van der Waals surface area contributed by atoms with Crippen LogP contribution in [0.1, 0.15) is 78.1 Å². The number of rotatable bonds is 18. The first kappa shape index (κ1) is 26.4. The van der Waals surface area contributed by atoms with Crippen LogP contribution >= 0.6 is 0 Å². The summed E-state index contributed by atoms with van der Waals surface area (Å²) in [6, 6.07) is 0.436. The molecule has 0 aliphatic rings. The Kier molecular flexibility index (Phi) is 16.5. The Labute approximate surface area is 173 Å². The molecule has 5 nitrogen and oxygen atoms in total. The minimum Gasteiger partial charge on any atom is -0.355 e. The number of carbonyl (C=O) groups excluding carboxylic acids is 2. The summed E-state index contributed by atoms with van der Waals surface area (Å²) in [5.74, 6) is 0.243. The van der Waals surface area contributed by atoms with Crippen molar-refractivity contribution >= 4 is 11.8 Å². The number of hydrogen-bond donors (Lipinski definition) is 2. The molecule has 2 amide bonds. The smallest absolute Gasteiger partial charge is 0.220 e. The van der Waals surface area contributed by atoms with E-state index in [4.69, 9.17) is 0 Å². The van der Waals surface area contributed by atoms with Gasteiger partial charge in [0.05, 0.1) is 0 Å². The van der Waals surface area contributed by atoms with Crippen molar-refractivity contribution in [3.63, 3.8) is 0 Å². The summed E-state index contributed by atoms with van der Waals surface area (Å²) in [5.41, 5.74) is 0. The van der Waals surface area contributed by atoms with Crippen LogP contribution < -0.4 is 10.6 Å². The minimum absolute atomic E-state index is 0.122. The largest absolute Gasteiger partial charge is 0.355 e. The summed E-state index contributed by atoms with van der Waals surface area (Å²) in [5, 5.41) is 6.05. The predicted molar refractivity (Wildman–Crippen MR) is 119 cm³/mol. The molecule has 2 atom stereocenters. The number of allylic oxidation sites excluding steroid dienone is 2. The van der Waals surface area contributed by atoms with Crippen LogP contribution in [0.4, 0.5) is 0 Å².